The number of nitrogens with zero attached hydrogens (tertiary/aromatic N) is 2. The smallest absolute Gasteiger partial charge is 0.252 e. The highest BCUT2D eigenvalue weighted by Gasteiger charge is 2.42. The Morgan fingerprint density at radius 3 is 2.52 bits per heavy atom. The third-order valence-corrected chi connectivity index (χ3v) is 5.22. The number of carbonyl (C=O) groups excluding carboxylic acids is 2. The number of fused-ring (bicyclic) bond motifs is 1. The van der Waals surface area contributed by atoms with Crippen LogP contribution in [0.25, 0.3) is 11.0 Å². The Hall–Kier alpha value is -2.50. The maximum absolute atomic E-state index is 12.8. The van der Waals surface area contributed by atoms with Crippen molar-refractivity contribution in [1.82, 2.24) is 20.6 Å². The summed E-state index contributed by atoms with van der Waals surface area (Å²) in [7, 11) is 0. The zero-order valence-corrected chi connectivity index (χ0v) is 14.1. The Labute approximate surface area is 146 Å². The van der Waals surface area contributed by atoms with Crippen molar-refractivity contribution in [3.8, 4) is 0 Å². The summed E-state index contributed by atoms with van der Waals surface area (Å²) >= 11 is 0. The molecular weight excluding hydrogens is 316 g/mol. The molecule has 0 radical (unpaired) electrons. The lowest BCUT2D eigenvalue weighted by Crippen LogP contribution is -2.57. The number of carbonyl (C=O) groups is 2. The van der Waals surface area contributed by atoms with Gasteiger partial charge in [-0.1, -0.05) is 12.8 Å². The van der Waals surface area contributed by atoms with Crippen molar-refractivity contribution in [3.63, 3.8) is 0 Å². The fraction of sp³-hybridized carbons (Fsp3) is 0.474. The summed E-state index contributed by atoms with van der Waals surface area (Å²) in [5.41, 5.74) is 1.16. The van der Waals surface area contributed by atoms with Gasteiger partial charge in [-0.25, -0.2) is 0 Å². The minimum absolute atomic E-state index is 0.0363. The number of rotatable bonds is 5. The van der Waals surface area contributed by atoms with E-state index in [1.54, 1.807) is 30.6 Å². The summed E-state index contributed by atoms with van der Waals surface area (Å²) in [5.74, 6) is 0.360. The van der Waals surface area contributed by atoms with Crippen LogP contribution in [-0.4, -0.2) is 33.9 Å². The van der Waals surface area contributed by atoms with Crippen molar-refractivity contribution < 1.29 is 9.59 Å². The van der Waals surface area contributed by atoms with Gasteiger partial charge in [0.25, 0.3) is 5.91 Å². The molecule has 2 aliphatic rings. The first-order valence-electron chi connectivity index (χ1n) is 8.98. The highest BCUT2D eigenvalue weighted by Crippen LogP contribution is 2.32. The molecule has 0 saturated heterocycles. The molecule has 0 atom stereocenters. The summed E-state index contributed by atoms with van der Waals surface area (Å²) < 4.78 is 0. The molecule has 25 heavy (non-hydrogen) atoms. The third-order valence-electron chi connectivity index (χ3n) is 5.22. The van der Waals surface area contributed by atoms with E-state index in [4.69, 9.17) is 0 Å². The Kier molecular flexibility index (Phi) is 4.11. The molecule has 1 heterocycles. The quantitative estimate of drug-likeness (QED) is 0.875. The second-order valence-corrected chi connectivity index (χ2v) is 7.16. The van der Waals surface area contributed by atoms with Crippen molar-refractivity contribution in [2.75, 3.05) is 6.54 Å². The molecule has 2 fully saturated rings. The highest BCUT2D eigenvalue weighted by atomic mass is 16.2. The van der Waals surface area contributed by atoms with Gasteiger partial charge in [-0.05, 0) is 49.8 Å². The van der Waals surface area contributed by atoms with Crippen LogP contribution in [0.3, 0.4) is 0 Å². The first-order valence-corrected chi connectivity index (χ1v) is 8.98. The maximum Gasteiger partial charge on any atom is 0.252 e. The summed E-state index contributed by atoms with van der Waals surface area (Å²) in [6.45, 7) is 0.724. The van der Waals surface area contributed by atoms with E-state index in [1.807, 2.05) is 0 Å². The van der Waals surface area contributed by atoms with E-state index in [0.29, 0.717) is 29.8 Å². The molecule has 6 heteroatoms. The predicted octanol–water partition coefficient (Wildman–Crippen LogP) is 2.20. The van der Waals surface area contributed by atoms with Gasteiger partial charge in [-0.3, -0.25) is 19.6 Å². The average molecular weight is 338 g/mol. The first-order chi connectivity index (χ1) is 12.2. The number of hydrogen-bond donors (Lipinski definition) is 2. The molecule has 0 unspecified atom stereocenters. The molecule has 130 valence electrons. The molecule has 0 spiro atoms. The Bertz CT molecular complexity index is 810. The lowest BCUT2D eigenvalue weighted by atomic mass is 9.95. The lowest BCUT2D eigenvalue weighted by Gasteiger charge is -2.29. The number of amides is 2. The van der Waals surface area contributed by atoms with Crippen LogP contribution in [0.1, 0.15) is 48.9 Å². The average Bonchev–Trinajstić information content (AvgIpc) is 3.36. The number of benzene rings is 1. The van der Waals surface area contributed by atoms with E-state index < -0.39 is 5.54 Å². The minimum Gasteiger partial charge on any atom is -0.354 e. The number of nitrogens with one attached hydrogen (secondary N) is 2. The summed E-state index contributed by atoms with van der Waals surface area (Å²) in [6.07, 6.45) is 8.93. The maximum atomic E-state index is 12.8. The fourth-order valence-corrected chi connectivity index (χ4v) is 3.51. The normalized spacial score (nSPS) is 18.9. The second kappa shape index (κ2) is 6.43. The van der Waals surface area contributed by atoms with Crippen LogP contribution in [0.15, 0.2) is 30.6 Å². The molecule has 1 aromatic carbocycles. The van der Waals surface area contributed by atoms with Gasteiger partial charge in [0, 0.05) is 24.5 Å². The molecule has 2 saturated carbocycles. The molecule has 6 nitrogen and oxygen atoms in total. The predicted molar refractivity (Wildman–Crippen MR) is 93.9 cm³/mol. The van der Waals surface area contributed by atoms with E-state index in [1.165, 1.54) is 12.8 Å². The van der Waals surface area contributed by atoms with E-state index in [-0.39, 0.29) is 11.8 Å². The van der Waals surface area contributed by atoms with Crippen molar-refractivity contribution in [2.45, 2.75) is 44.1 Å². The zero-order valence-electron chi connectivity index (χ0n) is 14.1. The van der Waals surface area contributed by atoms with Gasteiger partial charge in [0.2, 0.25) is 5.91 Å². The van der Waals surface area contributed by atoms with E-state index in [9.17, 15) is 9.59 Å². The van der Waals surface area contributed by atoms with Crippen LogP contribution in [-0.2, 0) is 4.79 Å². The SMILES string of the molecule is O=C(NC1(C(=O)NCC2CC2)CCCC1)c1ccc2nccnc2c1. The summed E-state index contributed by atoms with van der Waals surface area (Å²) in [6, 6.07) is 5.24. The monoisotopic (exact) mass is 338 g/mol. The van der Waals surface area contributed by atoms with E-state index in [2.05, 4.69) is 20.6 Å². The van der Waals surface area contributed by atoms with Crippen LogP contribution in [0.4, 0.5) is 0 Å². The Morgan fingerprint density at radius 1 is 1.08 bits per heavy atom. The molecule has 2 aromatic rings. The van der Waals surface area contributed by atoms with Gasteiger partial charge in [-0.15, -0.1) is 0 Å². The molecule has 0 bridgehead atoms. The van der Waals surface area contributed by atoms with Gasteiger partial charge in [0.15, 0.2) is 0 Å². The molecule has 2 amide bonds. The van der Waals surface area contributed by atoms with Crippen LogP contribution >= 0.6 is 0 Å². The Morgan fingerprint density at radius 2 is 1.80 bits per heavy atom. The topological polar surface area (TPSA) is 84.0 Å². The fourth-order valence-electron chi connectivity index (χ4n) is 3.51. The second-order valence-electron chi connectivity index (χ2n) is 7.16. The standard InChI is InChI=1S/C19H22N4O2/c24-17(14-5-6-15-16(11-14)21-10-9-20-15)23-19(7-1-2-8-19)18(25)22-12-13-3-4-13/h5-6,9-11,13H,1-4,7-8,12H2,(H,22,25)(H,23,24). The molecular formula is C19H22N4O2. The summed E-state index contributed by atoms with van der Waals surface area (Å²) in [4.78, 5) is 34.0. The largest absolute Gasteiger partial charge is 0.354 e. The van der Waals surface area contributed by atoms with Gasteiger partial charge in [-0.2, -0.15) is 0 Å². The highest BCUT2D eigenvalue weighted by molar-refractivity contribution is 6.01. The molecule has 2 aliphatic carbocycles. The van der Waals surface area contributed by atoms with Gasteiger partial charge >= 0.3 is 0 Å². The van der Waals surface area contributed by atoms with Crippen molar-refractivity contribution >= 4 is 22.8 Å². The van der Waals surface area contributed by atoms with Crippen molar-refractivity contribution in [2.24, 2.45) is 5.92 Å². The summed E-state index contributed by atoms with van der Waals surface area (Å²) in [5, 5.41) is 6.06. The lowest BCUT2D eigenvalue weighted by molar-refractivity contribution is -0.127. The molecule has 2 N–H and O–H groups in total. The molecule has 4 rings (SSSR count). The molecule has 1 aromatic heterocycles. The third kappa shape index (κ3) is 3.34. The van der Waals surface area contributed by atoms with Gasteiger partial charge in [0.05, 0.1) is 11.0 Å². The van der Waals surface area contributed by atoms with Gasteiger partial charge in [0.1, 0.15) is 5.54 Å². The Balaban J connectivity index is 1.52. The van der Waals surface area contributed by atoms with E-state index >= 15 is 0 Å². The minimum atomic E-state index is -0.775. The zero-order chi connectivity index (χ0) is 17.3. The van der Waals surface area contributed by atoms with Crippen LogP contribution in [0.2, 0.25) is 0 Å². The van der Waals surface area contributed by atoms with Crippen LogP contribution in [0.5, 0.6) is 0 Å². The number of hydrogen-bond acceptors (Lipinski definition) is 4. The first kappa shape index (κ1) is 16.0. The molecule has 0 aliphatic heterocycles. The van der Waals surface area contributed by atoms with E-state index in [0.717, 1.165) is 24.9 Å². The van der Waals surface area contributed by atoms with Crippen molar-refractivity contribution in [1.29, 1.82) is 0 Å². The van der Waals surface area contributed by atoms with Crippen molar-refractivity contribution in [3.05, 3.63) is 36.2 Å². The van der Waals surface area contributed by atoms with Gasteiger partial charge < -0.3 is 10.6 Å². The number of aromatic nitrogens is 2. The van der Waals surface area contributed by atoms with Crippen LogP contribution < -0.4 is 10.6 Å². The van der Waals surface area contributed by atoms with Crippen LogP contribution in [0, 0.1) is 5.92 Å².